The maximum atomic E-state index is 10.7. The highest BCUT2D eigenvalue weighted by Crippen LogP contribution is 2.32. The molecule has 5 nitrogen and oxygen atoms in total. The van der Waals surface area contributed by atoms with Crippen LogP contribution in [0.15, 0.2) is 55.1 Å². The predicted octanol–water partition coefficient (Wildman–Crippen LogP) is 7.30. The Balaban J connectivity index is 0.000000521. The standard InChI is InChI=1S/C27H37N2.CHF3O3S/c1-18(2)22-11-9-12-23(19(3)4)26(22)28-15-16-29(17-28)27-24(20(5)6)13-10-14-25(27)21(7)8;2-1(3,4)8(5,6)7/h9-21H,1-8H3;(H,5,6,7)/q+1;/p-1. The van der Waals surface area contributed by atoms with Gasteiger partial charge in [0.15, 0.2) is 10.1 Å². The Kier molecular flexibility index (Phi) is 9.76. The summed E-state index contributed by atoms with van der Waals surface area (Å²) in [4.78, 5) is 0. The highest BCUT2D eigenvalue weighted by atomic mass is 32.2. The van der Waals surface area contributed by atoms with Crippen LogP contribution in [0.4, 0.5) is 13.2 Å². The van der Waals surface area contributed by atoms with Gasteiger partial charge in [-0.25, -0.2) is 17.6 Å². The average molecular weight is 539 g/mol. The number of hydrogen-bond acceptors (Lipinski definition) is 3. The van der Waals surface area contributed by atoms with E-state index in [1.54, 1.807) is 0 Å². The van der Waals surface area contributed by atoms with Gasteiger partial charge in [0, 0.05) is 22.3 Å². The van der Waals surface area contributed by atoms with Crippen LogP contribution in [0.2, 0.25) is 0 Å². The molecule has 0 aliphatic rings. The van der Waals surface area contributed by atoms with Crippen LogP contribution in [0.25, 0.3) is 11.4 Å². The third-order valence-corrected chi connectivity index (χ3v) is 6.69. The molecule has 0 amide bonds. The lowest BCUT2D eigenvalue weighted by Gasteiger charge is -2.17. The van der Waals surface area contributed by atoms with E-state index in [9.17, 15) is 13.2 Å². The van der Waals surface area contributed by atoms with Gasteiger partial charge < -0.3 is 4.55 Å². The summed E-state index contributed by atoms with van der Waals surface area (Å²) in [5, 5.41) is 0. The van der Waals surface area contributed by atoms with Crippen LogP contribution >= 0.6 is 0 Å². The van der Waals surface area contributed by atoms with Gasteiger partial charge in [-0.05, 0) is 23.7 Å². The Bertz CT molecular complexity index is 1180. The Morgan fingerprint density at radius 3 is 1.43 bits per heavy atom. The number of para-hydroxylation sites is 2. The number of alkyl halides is 3. The van der Waals surface area contributed by atoms with Crippen molar-refractivity contribution in [1.29, 1.82) is 0 Å². The molecule has 204 valence electrons. The molecule has 0 spiro atoms. The largest absolute Gasteiger partial charge is 0.741 e. The van der Waals surface area contributed by atoms with Crippen molar-refractivity contribution in [3.05, 3.63) is 77.4 Å². The van der Waals surface area contributed by atoms with E-state index in [4.69, 9.17) is 13.0 Å². The van der Waals surface area contributed by atoms with Crippen LogP contribution in [-0.2, 0) is 10.1 Å². The van der Waals surface area contributed by atoms with Crippen molar-refractivity contribution >= 4 is 10.1 Å². The minimum atomic E-state index is -6.09. The fourth-order valence-corrected chi connectivity index (χ4v) is 4.24. The van der Waals surface area contributed by atoms with Crippen LogP contribution in [0.3, 0.4) is 0 Å². The zero-order valence-corrected chi connectivity index (χ0v) is 23.5. The molecule has 0 saturated carbocycles. The Hall–Kier alpha value is -2.65. The van der Waals surface area contributed by atoms with E-state index in [-0.39, 0.29) is 0 Å². The van der Waals surface area contributed by atoms with E-state index < -0.39 is 15.6 Å². The fourth-order valence-electron chi connectivity index (χ4n) is 4.24. The molecule has 9 heteroatoms. The normalized spacial score (nSPS) is 12.4. The van der Waals surface area contributed by atoms with Crippen molar-refractivity contribution in [3.63, 3.8) is 0 Å². The summed E-state index contributed by atoms with van der Waals surface area (Å²) in [5.41, 5.74) is 2.64. The number of benzene rings is 2. The molecular formula is C28H37F3N2O3S. The number of nitrogens with zero attached hydrogens (tertiary/aromatic N) is 2. The first-order valence-electron chi connectivity index (χ1n) is 12.3. The zero-order valence-electron chi connectivity index (χ0n) is 22.7. The summed E-state index contributed by atoms with van der Waals surface area (Å²) in [5.74, 6) is 1.92. The van der Waals surface area contributed by atoms with E-state index in [1.807, 2.05) is 0 Å². The van der Waals surface area contributed by atoms with Crippen LogP contribution < -0.4 is 4.57 Å². The minimum absolute atomic E-state index is 0.480. The van der Waals surface area contributed by atoms with Gasteiger partial charge >= 0.3 is 5.51 Å². The highest BCUT2D eigenvalue weighted by molar-refractivity contribution is 7.86. The molecule has 0 unspecified atom stereocenters. The quantitative estimate of drug-likeness (QED) is 0.188. The predicted molar refractivity (Wildman–Crippen MR) is 139 cm³/mol. The van der Waals surface area contributed by atoms with Gasteiger partial charge in [0.2, 0.25) is 0 Å². The van der Waals surface area contributed by atoms with E-state index in [1.165, 1.54) is 33.6 Å². The van der Waals surface area contributed by atoms with Crippen molar-refractivity contribution in [2.24, 2.45) is 0 Å². The lowest BCUT2D eigenvalue weighted by Crippen LogP contribution is -2.31. The molecule has 0 fully saturated rings. The number of imidazole rings is 1. The molecule has 37 heavy (non-hydrogen) atoms. The maximum absolute atomic E-state index is 10.7. The van der Waals surface area contributed by atoms with Crippen LogP contribution in [0.5, 0.6) is 0 Å². The summed E-state index contributed by atoms with van der Waals surface area (Å²) >= 11 is 0. The summed E-state index contributed by atoms with van der Waals surface area (Å²) < 4.78 is 63.6. The van der Waals surface area contributed by atoms with Crippen molar-refractivity contribution in [2.75, 3.05) is 0 Å². The SMILES string of the molecule is CC(C)c1cccc(C(C)C)c1-n1cc[n+](-c2c(C(C)C)cccc2C(C)C)c1.O=S(=O)([O-])C(F)(F)F. The van der Waals surface area contributed by atoms with Crippen molar-refractivity contribution in [1.82, 2.24) is 4.57 Å². The lowest BCUT2D eigenvalue weighted by molar-refractivity contribution is -0.596. The van der Waals surface area contributed by atoms with Gasteiger partial charge in [-0.2, -0.15) is 13.2 Å². The second-order valence-corrected chi connectivity index (χ2v) is 11.7. The second-order valence-electron chi connectivity index (χ2n) is 10.3. The van der Waals surface area contributed by atoms with Crippen LogP contribution in [-0.4, -0.2) is 23.0 Å². The molecule has 3 rings (SSSR count). The first-order valence-corrected chi connectivity index (χ1v) is 13.8. The fraction of sp³-hybridized carbons (Fsp3) is 0.464. The van der Waals surface area contributed by atoms with E-state index in [2.05, 4.69) is 120 Å². The molecule has 3 aromatic rings. The summed E-state index contributed by atoms with van der Waals surface area (Å²) in [7, 11) is -6.09. The Morgan fingerprint density at radius 2 is 1.11 bits per heavy atom. The first kappa shape index (κ1) is 30.6. The van der Waals surface area contributed by atoms with Crippen molar-refractivity contribution in [3.8, 4) is 11.4 Å². The van der Waals surface area contributed by atoms with Gasteiger partial charge in [-0.3, -0.25) is 0 Å². The third-order valence-electron chi connectivity index (χ3n) is 6.12. The van der Waals surface area contributed by atoms with Gasteiger partial charge in [0.05, 0.1) is 0 Å². The minimum Gasteiger partial charge on any atom is -0.741 e. The summed E-state index contributed by atoms with van der Waals surface area (Å²) in [6, 6.07) is 13.5. The molecule has 0 N–H and O–H groups in total. The molecule has 1 aromatic heterocycles. The van der Waals surface area contributed by atoms with Crippen molar-refractivity contribution < 1.29 is 30.7 Å². The first-order chi connectivity index (χ1) is 17.0. The smallest absolute Gasteiger partial charge is 0.485 e. The van der Waals surface area contributed by atoms with Gasteiger partial charge in [0.25, 0.3) is 6.33 Å². The molecule has 0 aliphatic heterocycles. The molecule has 0 bridgehead atoms. The number of rotatable bonds is 6. The van der Waals surface area contributed by atoms with Gasteiger partial charge in [0.1, 0.15) is 23.8 Å². The number of halogens is 3. The highest BCUT2D eigenvalue weighted by Gasteiger charge is 2.37. The van der Waals surface area contributed by atoms with Crippen molar-refractivity contribution in [2.45, 2.75) is 84.6 Å². The number of aromatic nitrogens is 2. The summed E-state index contributed by atoms with van der Waals surface area (Å²) in [6.45, 7) is 18.3. The second kappa shape index (κ2) is 11.8. The molecule has 0 saturated heterocycles. The average Bonchev–Trinajstić information content (AvgIpc) is 3.26. The molecule has 2 aromatic carbocycles. The number of hydrogen-bond donors (Lipinski definition) is 0. The zero-order chi connectivity index (χ0) is 28.3. The third kappa shape index (κ3) is 7.23. The lowest BCUT2D eigenvalue weighted by atomic mass is 9.92. The van der Waals surface area contributed by atoms with E-state index in [0.717, 1.165) is 0 Å². The van der Waals surface area contributed by atoms with Crippen LogP contribution in [0, 0.1) is 0 Å². The monoisotopic (exact) mass is 538 g/mol. The molecular weight excluding hydrogens is 501 g/mol. The molecule has 1 heterocycles. The van der Waals surface area contributed by atoms with Crippen LogP contribution in [0.1, 0.15) is 101 Å². The molecule has 0 radical (unpaired) electrons. The van der Waals surface area contributed by atoms with E-state index in [0.29, 0.717) is 23.7 Å². The van der Waals surface area contributed by atoms with E-state index >= 15 is 0 Å². The van der Waals surface area contributed by atoms with Gasteiger partial charge in [-0.15, -0.1) is 0 Å². The molecule has 0 atom stereocenters. The topological polar surface area (TPSA) is 66.0 Å². The summed E-state index contributed by atoms with van der Waals surface area (Å²) in [6.07, 6.45) is 6.70. The Morgan fingerprint density at radius 1 is 0.757 bits per heavy atom. The Labute approximate surface area is 218 Å². The molecule has 0 aliphatic carbocycles. The maximum Gasteiger partial charge on any atom is 0.485 e. The van der Waals surface area contributed by atoms with Gasteiger partial charge in [-0.1, -0.05) is 91.8 Å².